The molecule has 0 aromatic rings. The largest absolute Gasteiger partial charge is 0.394 e. The molecule has 680 valence electrons. The highest BCUT2D eigenvalue weighted by molar-refractivity contribution is 5.01. The van der Waals surface area contributed by atoms with Crippen molar-refractivity contribution in [1.82, 2.24) is 0 Å². The molecule has 115 heavy (non-hydrogen) atoms. The second kappa shape index (κ2) is 46.0. The van der Waals surface area contributed by atoms with E-state index in [1.807, 2.05) is 0 Å². The molecule has 0 aliphatic carbocycles. The summed E-state index contributed by atoms with van der Waals surface area (Å²) in [5.41, 5.74) is 0. The molecule has 0 spiro atoms. The van der Waals surface area contributed by atoms with E-state index in [2.05, 4.69) is 0 Å². The Morgan fingerprint density at radius 3 is 0.687 bits per heavy atom. The number of alkyl halides is 4. The second-order valence-corrected chi connectivity index (χ2v) is 29.0. The molecule has 46 nitrogen and oxygen atoms in total. The summed E-state index contributed by atoms with van der Waals surface area (Å²) in [6.45, 7) is 1.22. The van der Waals surface area contributed by atoms with Gasteiger partial charge in [0, 0.05) is 0 Å². The van der Waals surface area contributed by atoms with Crippen LogP contribution in [0.25, 0.3) is 0 Å². The summed E-state index contributed by atoms with van der Waals surface area (Å²) in [5, 5.41) is 298. The SMILES string of the molecule is CC1OC(CO)[C@@H](O[C@@H]2OC(CO)[C@@H](O)[C@@H](O)C2O)[C@@H](O)[C@@H]1O.CC1OC(CO)[C@@H](O[C@@H]2OC(CO)[C@@H](O)[C@@H](O)C2O)[C@@H](O)[C@@H]1[18F].CC1OC(CO)[C@@H](O[C@@H]2OC(CO)[C@@H](O)[C@@H](O)C2[18F])[C@@H](O)[C@@H]1O.CC1OC(CO)[C@@H](O[C@@H]2OC(CO)[C@@H](O)[C@@H]([18F])C2O)[C@@H](O)[C@@H]1O.CC1OC(CO)[C@@H](O[C@@H]2OC(CO)[C@@H]([18F])[C@@H](O)C2O)[C@@H](O)[C@@H]1O. The fourth-order valence-electron chi connectivity index (χ4n) is 13.8. The molecule has 0 saturated carbocycles. The fourth-order valence-corrected chi connectivity index (χ4v) is 13.8. The molecular weight excluding hydrogens is 1590 g/mol. The average molecular weight is 1710 g/mol. The van der Waals surface area contributed by atoms with Crippen molar-refractivity contribution in [2.45, 2.75) is 341 Å². The van der Waals surface area contributed by atoms with Gasteiger partial charge in [0.15, 0.2) is 56.1 Å². The van der Waals surface area contributed by atoms with Crippen molar-refractivity contribution in [3.8, 4) is 0 Å². The van der Waals surface area contributed by atoms with E-state index in [0.717, 1.165) is 0 Å². The zero-order chi connectivity index (χ0) is 86.5. The van der Waals surface area contributed by atoms with Crippen LogP contribution in [0.2, 0.25) is 0 Å². The molecule has 50 heteroatoms. The maximum atomic E-state index is 14.1. The Balaban J connectivity index is 0.000000224. The van der Waals surface area contributed by atoms with Crippen LogP contribution in [0.5, 0.6) is 0 Å². The van der Waals surface area contributed by atoms with E-state index in [0.29, 0.717) is 0 Å². The minimum Gasteiger partial charge on any atom is -0.394 e. The highest BCUT2D eigenvalue weighted by Crippen LogP contribution is 2.37. The van der Waals surface area contributed by atoms with Crippen LogP contribution < -0.4 is 0 Å². The van der Waals surface area contributed by atoms with E-state index in [1.165, 1.54) is 34.6 Å². The van der Waals surface area contributed by atoms with Crippen molar-refractivity contribution in [3.63, 3.8) is 0 Å². The standard InChI is InChI=1S/4C13H23FO9.C13H24O10/c1-4-8(17)11(20)12(6(3-16)21-4)23-13-7(14)10(19)9(18)5(2-15)22-13;1-4-8(17)11(20)12(6(3-16)21-4)23-13-10(19)7(14)9(18)5(2-15)22-13;1-4-8(17)10(19)12(6(3-16)21-4)23-13-11(20)9(18)7(14)5(2-15)22-13;1-4-7(14)9(18)12(6(3-16)21-4)23-13-11(20)10(19)8(17)5(2-15)22-13;1-4-7(16)10(19)12(6(3-15)21-4)23-13-11(20)9(18)8(17)5(2-14)22-13/h4*4-13,15-20H,2-3H2,1H3;4-20H,2-3H2,1H3/t4?,5?,6?,7?,8-,9-,10+,11+,12-,13+;4?,5?,6?,7-,8-,9-,10?,11+,12-,13+;4?,5?,6?,7-,8-,9-,10+,11?,12-,13+;4?,5?,6?,7-,8-,9+,10-,11?,12-,13+;4?,5?,6?,7-,8-,9-,10+,11?,12-,13+/m11111/s1/i4*14-1;. The number of rotatable bonds is 20. The molecule has 10 saturated heterocycles. The van der Waals surface area contributed by atoms with Crippen LogP contribution in [0.3, 0.4) is 0 Å². The predicted molar refractivity (Wildman–Crippen MR) is 356 cm³/mol. The van der Waals surface area contributed by atoms with Gasteiger partial charge in [-0.2, -0.15) is 0 Å². The van der Waals surface area contributed by atoms with Gasteiger partial charge in [-0.05, 0) is 34.6 Å². The van der Waals surface area contributed by atoms with Crippen molar-refractivity contribution in [2.24, 2.45) is 0 Å². The van der Waals surface area contributed by atoms with Crippen LogP contribution >= 0.6 is 0 Å². The van der Waals surface area contributed by atoms with Gasteiger partial charge in [0.25, 0.3) is 0 Å². The topological polar surface area (TPSA) is 766 Å². The first-order chi connectivity index (χ1) is 54.1. The number of halogens is 4. The lowest BCUT2D eigenvalue weighted by Gasteiger charge is -2.45. The highest BCUT2D eigenvalue weighted by Gasteiger charge is 2.57. The molecule has 20 unspecified atom stereocenters. The molecule has 0 amide bonds. The van der Waals surface area contributed by atoms with Crippen molar-refractivity contribution in [3.05, 3.63) is 0 Å². The minimum absolute atomic E-state index is 0.518. The van der Waals surface area contributed by atoms with Crippen LogP contribution in [0, 0.1) is 0 Å². The second-order valence-electron chi connectivity index (χ2n) is 29.0. The van der Waals surface area contributed by atoms with Crippen molar-refractivity contribution < 1.29 is 247 Å². The zero-order valence-electron chi connectivity index (χ0n) is 62.4. The molecule has 10 aliphatic rings. The van der Waals surface area contributed by atoms with Gasteiger partial charge in [-0.15, -0.1) is 0 Å². The molecule has 0 radical (unpaired) electrons. The van der Waals surface area contributed by atoms with Gasteiger partial charge in [0.05, 0.1) is 96.6 Å². The molecule has 10 heterocycles. The summed E-state index contributed by atoms with van der Waals surface area (Å²) in [7, 11) is 0. The number of aliphatic hydroxyl groups excluding tert-OH is 31. The van der Waals surface area contributed by atoms with Crippen molar-refractivity contribution >= 4 is 0 Å². The maximum Gasteiger partial charge on any atom is 0.192 e. The molecule has 10 fully saturated rings. The average Bonchev–Trinajstić information content (AvgIpc) is 0.803. The number of ether oxygens (including phenoxy) is 15. The molecule has 10 aliphatic heterocycles. The Morgan fingerprint density at radius 1 is 0.174 bits per heavy atom. The first-order valence-corrected chi connectivity index (χ1v) is 36.8. The smallest absolute Gasteiger partial charge is 0.192 e. The van der Waals surface area contributed by atoms with Crippen molar-refractivity contribution in [2.75, 3.05) is 66.1 Å². The fraction of sp³-hybridized carbons (Fsp3) is 1.00. The van der Waals surface area contributed by atoms with Gasteiger partial charge in [-0.25, -0.2) is 17.6 Å². The van der Waals surface area contributed by atoms with Crippen LogP contribution in [0.4, 0.5) is 17.6 Å². The van der Waals surface area contributed by atoms with E-state index < -0.39 is 372 Å². The van der Waals surface area contributed by atoms with Gasteiger partial charge in [0.2, 0.25) is 0 Å². The number of hydrogen-bond donors (Lipinski definition) is 31. The predicted octanol–water partition coefficient (Wildman–Crippen LogP) is -17.7. The molecule has 0 aromatic heterocycles. The summed E-state index contributed by atoms with van der Waals surface area (Å²) in [4.78, 5) is 0. The number of aliphatic hydroxyl groups is 31. The van der Waals surface area contributed by atoms with Gasteiger partial charge >= 0.3 is 0 Å². The summed E-state index contributed by atoms with van der Waals surface area (Å²) < 4.78 is 134. The first kappa shape index (κ1) is 102. The Bertz CT molecular complexity index is 2320. The van der Waals surface area contributed by atoms with Gasteiger partial charge in [-0.3, -0.25) is 0 Å². The summed E-state index contributed by atoms with van der Waals surface area (Å²) in [5.74, 6) is 0. The normalized spacial score (nSPS) is 51.7. The third-order valence-electron chi connectivity index (χ3n) is 21.0. The lowest BCUT2D eigenvalue weighted by molar-refractivity contribution is -0.341. The lowest BCUT2D eigenvalue weighted by atomic mass is 9.95. The Hall–Kier alpha value is -2.12. The van der Waals surface area contributed by atoms with Crippen LogP contribution in [0.1, 0.15) is 34.6 Å². The quantitative estimate of drug-likeness (QED) is 0.0503. The lowest BCUT2D eigenvalue weighted by Crippen LogP contribution is -2.64. The monoisotopic (exact) mass is 1700 g/mol. The van der Waals surface area contributed by atoms with Gasteiger partial charge in [-0.1, -0.05) is 0 Å². The minimum atomic E-state index is -2.16. The van der Waals surface area contributed by atoms with E-state index >= 15 is 0 Å². The zero-order valence-corrected chi connectivity index (χ0v) is 62.4. The molecule has 0 bridgehead atoms. The molecule has 0 aromatic carbocycles. The maximum absolute atomic E-state index is 14.1. The molecule has 10 rings (SSSR count). The Labute approximate surface area is 652 Å². The summed E-state index contributed by atoms with van der Waals surface area (Å²) in [6, 6.07) is 0. The van der Waals surface area contributed by atoms with Crippen LogP contribution in [0.15, 0.2) is 0 Å². The molecular formula is C65H116F4O46. The van der Waals surface area contributed by atoms with Crippen molar-refractivity contribution in [1.29, 1.82) is 0 Å². The third kappa shape index (κ3) is 23.9. The summed E-state index contributed by atoms with van der Waals surface area (Å²) in [6.07, 6.45) is -71.3. The van der Waals surface area contributed by atoms with E-state index in [9.17, 15) is 150 Å². The summed E-state index contributed by atoms with van der Waals surface area (Å²) >= 11 is 0. The Morgan fingerprint density at radius 2 is 0.391 bits per heavy atom. The molecule has 50 atom stereocenters. The first-order valence-electron chi connectivity index (χ1n) is 36.8. The Kier molecular flexibility index (Phi) is 40.7. The van der Waals surface area contributed by atoms with Gasteiger partial charge in [0.1, 0.15) is 220 Å². The van der Waals surface area contributed by atoms with E-state index in [4.69, 9.17) is 96.6 Å². The van der Waals surface area contributed by atoms with Gasteiger partial charge < -0.3 is 229 Å². The van der Waals surface area contributed by atoms with Crippen LogP contribution in [-0.4, -0.2) is 531 Å². The third-order valence-corrected chi connectivity index (χ3v) is 21.0. The molecule has 31 N–H and O–H groups in total. The van der Waals surface area contributed by atoms with E-state index in [-0.39, 0.29) is 0 Å². The number of hydrogen-bond acceptors (Lipinski definition) is 46. The van der Waals surface area contributed by atoms with Crippen LogP contribution in [-0.2, 0) is 71.1 Å². The van der Waals surface area contributed by atoms with E-state index in [1.54, 1.807) is 0 Å². The highest BCUT2D eigenvalue weighted by atomic mass is 18.2.